The van der Waals surface area contributed by atoms with Crippen LogP contribution in [0.15, 0.2) is 29.8 Å². The molecule has 1 saturated carbocycles. The molecule has 4 rings (SSSR count). The molecule has 0 atom stereocenters. The normalized spacial score (nSPS) is 23.3. The van der Waals surface area contributed by atoms with Gasteiger partial charge in [-0.1, -0.05) is 31.4 Å². The average Bonchev–Trinajstić information content (AvgIpc) is 3.21. The van der Waals surface area contributed by atoms with Gasteiger partial charge >= 0.3 is 6.03 Å². The summed E-state index contributed by atoms with van der Waals surface area (Å²) in [6, 6.07) is 7.18. The number of anilines is 1. The minimum absolute atomic E-state index is 0.0362. The van der Waals surface area contributed by atoms with E-state index in [4.69, 9.17) is 0 Å². The van der Waals surface area contributed by atoms with Crippen molar-refractivity contribution in [1.82, 2.24) is 10.2 Å². The summed E-state index contributed by atoms with van der Waals surface area (Å²) >= 11 is 0. The number of urea groups is 1. The quantitative estimate of drug-likeness (QED) is 0.658. The number of rotatable bonds is 3. The molecule has 4 amide bonds. The van der Waals surface area contributed by atoms with Crippen molar-refractivity contribution in [3.05, 3.63) is 35.4 Å². The summed E-state index contributed by atoms with van der Waals surface area (Å²) in [7, 11) is 0. The smallest absolute Gasteiger partial charge is 0.331 e. The van der Waals surface area contributed by atoms with Crippen molar-refractivity contribution >= 4 is 29.6 Å². The third-order valence-corrected chi connectivity index (χ3v) is 5.75. The van der Waals surface area contributed by atoms with Crippen molar-refractivity contribution in [2.24, 2.45) is 0 Å². The Labute approximate surface area is 159 Å². The van der Waals surface area contributed by atoms with Gasteiger partial charge in [-0.3, -0.25) is 19.8 Å². The van der Waals surface area contributed by atoms with E-state index in [-0.39, 0.29) is 11.6 Å². The van der Waals surface area contributed by atoms with Gasteiger partial charge in [-0.15, -0.1) is 0 Å². The highest BCUT2D eigenvalue weighted by Crippen LogP contribution is 2.27. The van der Waals surface area contributed by atoms with Gasteiger partial charge in [0.2, 0.25) is 0 Å². The van der Waals surface area contributed by atoms with E-state index in [0.717, 1.165) is 56.4 Å². The van der Waals surface area contributed by atoms with Crippen LogP contribution in [-0.2, 0) is 9.59 Å². The van der Waals surface area contributed by atoms with Gasteiger partial charge in [-0.05, 0) is 49.5 Å². The van der Waals surface area contributed by atoms with Crippen LogP contribution in [-0.4, -0.2) is 41.9 Å². The van der Waals surface area contributed by atoms with Crippen LogP contribution in [0, 0.1) is 0 Å². The molecular weight excluding hydrogens is 342 g/mol. The second-order valence-corrected chi connectivity index (χ2v) is 7.57. The monoisotopic (exact) mass is 367 g/mol. The Bertz CT molecular complexity index is 772. The highest BCUT2D eigenvalue weighted by atomic mass is 16.2. The van der Waals surface area contributed by atoms with Gasteiger partial charge in [0.15, 0.2) is 0 Å². The van der Waals surface area contributed by atoms with Crippen molar-refractivity contribution in [3.8, 4) is 0 Å². The molecule has 2 saturated heterocycles. The van der Waals surface area contributed by atoms with E-state index in [2.05, 4.69) is 10.2 Å². The Hall–Kier alpha value is -2.63. The number of barbiturate groups is 1. The van der Waals surface area contributed by atoms with Crippen LogP contribution in [0.25, 0.3) is 6.08 Å². The molecule has 0 aromatic heterocycles. The summed E-state index contributed by atoms with van der Waals surface area (Å²) in [5.41, 5.74) is 1.98. The van der Waals surface area contributed by atoms with Crippen molar-refractivity contribution in [1.29, 1.82) is 0 Å². The Kier molecular flexibility index (Phi) is 4.97. The first-order chi connectivity index (χ1) is 13.1. The largest absolute Gasteiger partial charge is 0.372 e. The average molecular weight is 367 g/mol. The van der Waals surface area contributed by atoms with E-state index in [1.54, 1.807) is 6.08 Å². The zero-order valence-corrected chi connectivity index (χ0v) is 15.4. The summed E-state index contributed by atoms with van der Waals surface area (Å²) in [5, 5.41) is 2.33. The van der Waals surface area contributed by atoms with Crippen LogP contribution in [0.1, 0.15) is 50.5 Å². The molecule has 1 aromatic rings. The van der Waals surface area contributed by atoms with Crippen molar-refractivity contribution in [2.75, 3.05) is 18.0 Å². The maximum Gasteiger partial charge on any atom is 0.331 e. The first-order valence-corrected chi connectivity index (χ1v) is 9.89. The minimum Gasteiger partial charge on any atom is -0.372 e. The molecule has 1 N–H and O–H groups in total. The lowest BCUT2D eigenvalue weighted by molar-refractivity contribution is -0.132. The highest BCUT2D eigenvalue weighted by Gasteiger charge is 2.40. The molecule has 0 radical (unpaired) electrons. The van der Waals surface area contributed by atoms with Crippen molar-refractivity contribution in [2.45, 2.75) is 51.0 Å². The van der Waals surface area contributed by atoms with Gasteiger partial charge in [0.05, 0.1) is 0 Å². The van der Waals surface area contributed by atoms with Crippen LogP contribution in [0.4, 0.5) is 10.5 Å². The molecule has 6 heteroatoms. The maximum absolute atomic E-state index is 12.9. The third kappa shape index (κ3) is 3.61. The van der Waals surface area contributed by atoms with Crippen LogP contribution in [0.3, 0.4) is 0 Å². The fourth-order valence-corrected chi connectivity index (χ4v) is 4.27. The second-order valence-electron chi connectivity index (χ2n) is 7.57. The SMILES string of the molecule is O=C1NC(=O)N(C2CCCCC2)C(=O)/C1=C/c1ccc(N2CCCC2)cc1. The molecule has 0 unspecified atom stereocenters. The molecule has 0 bridgehead atoms. The second kappa shape index (κ2) is 7.55. The fraction of sp³-hybridized carbons (Fsp3) is 0.476. The van der Waals surface area contributed by atoms with Gasteiger partial charge < -0.3 is 4.90 Å². The van der Waals surface area contributed by atoms with E-state index < -0.39 is 17.8 Å². The molecule has 1 aliphatic carbocycles. The van der Waals surface area contributed by atoms with Gasteiger partial charge in [0, 0.05) is 24.8 Å². The highest BCUT2D eigenvalue weighted by molar-refractivity contribution is 6.31. The lowest BCUT2D eigenvalue weighted by atomic mass is 9.93. The molecule has 0 spiro atoms. The number of hydrogen-bond acceptors (Lipinski definition) is 4. The summed E-state index contributed by atoms with van der Waals surface area (Å²) in [5.74, 6) is -1.08. The summed E-state index contributed by atoms with van der Waals surface area (Å²) < 4.78 is 0. The van der Waals surface area contributed by atoms with E-state index in [1.165, 1.54) is 17.7 Å². The Morgan fingerprint density at radius 1 is 0.889 bits per heavy atom. The number of amides is 4. The number of carbonyl (C=O) groups excluding carboxylic acids is 3. The van der Waals surface area contributed by atoms with Crippen LogP contribution in [0.2, 0.25) is 0 Å². The number of carbonyl (C=O) groups is 3. The van der Waals surface area contributed by atoms with E-state index in [0.29, 0.717) is 0 Å². The molecule has 2 aliphatic heterocycles. The standard InChI is InChI=1S/C21H25N3O3/c25-19-18(14-15-8-10-16(11-9-15)23-12-4-5-13-23)20(26)24(21(27)22-19)17-6-2-1-3-7-17/h8-11,14,17H,1-7,12-13H2,(H,22,25,27)/b18-14+. The number of imide groups is 2. The number of nitrogens with one attached hydrogen (secondary N) is 1. The van der Waals surface area contributed by atoms with Gasteiger partial charge in [0.1, 0.15) is 5.57 Å². The van der Waals surface area contributed by atoms with Crippen LogP contribution >= 0.6 is 0 Å². The molecule has 3 fully saturated rings. The maximum atomic E-state index is 12.9. The Morgan fingerprint density at radius 3 is 2.22 bits per heavy atom. The number of benzene rings is 1. The molecule has 2 heterocycles. The van der Waals surface area contributed by atoms with Crippen LogP contribution < -0.4 is 10.2 Å². The molecule has 3 aliphatic rings. The summed E-state index contributed by atoms with van der Waals surface area (Å²) in [6.07, 6.45) is 8.78. The predicted octanol–water partition coefficient (Wildman–Crippen LogP) is 3.08. The summed E-state index contributed by atoms with van der Waals surface area (Å²) in [4.78, 5) is 41.0. The topological polar surface area (TPSA) is 69.7 Å². The van der Waals surface area contributed by atoms with Gasteiger partial charge in [0.25, 0.3) is 11.8 Å². The van der Waals surface area contributed by atoms with Gasteiger partial charge in [-0.25, -0.2) is 4.79 Å². The summed E-state index contributed by atoms with van der Waals surface area (Å²) in [6.45, 7) is 2.14. The number of hydrogen-bond donors (Lipinski definition) is 1. The van der Waals surface area contributed by atoms with Crippen LogP contribution in [0.5, 0.6) is 0 Å². The lowest BCUT2D eigenvalue weighted by Crippen LogP contribution is -2.58. The van der Waals surface area contributed by atoms with Crippen molar-refractivity contribution in [3.63, 3.8) is 0 Å². The number of nitrogens with zero attached hydrogens (tertiary/aromatic N) is 2. The minimum atomic E-state index is -0.610. The first-order valence-electron chi connectivity index (χ1n) is 9.89. The first kappa shape index (κ1) is 17.8. The molecule has 27 heavy (non-hydrogen) atoms. The van der Waals surface area contributed by atoms with Gasteiger partial charge in [-0.2, -0.15) is 0 Å². The van der Waals surface area contributed by atoms with Crippen molar-refractivity contribution < 1.29 is 14.4 Å². The Balaban J connectivity index is 1.56. The molecule has 6 nitrogen and oxygen atoms in total. The zero-order valence-electron chi connectivity index (χ0n) is 15.4. The third-order valence-electron chi connectivity index (χ3n) is 5.75. The predicted molar refractivity (Wildman–Crippen MR) is 103 cm³/mol. The zero-order chi connectivity index (χ0) is 18.8. The Morgan fingerprint density at radius 2 is 1.56 bits per heavy atom. The lowest BCUT2D eigenvalue weighted by Gasteiger charge is -2.35. The molecule has 1 aromatic carbocycles. The van der Waals surface area contributed by atoms with E-state index >= 15 is 0 Å². The van der Waals surface area contributed by atoms with E-state index in [9.17, 15) is 14.4 Å². The molecular formula is C21H25N3O3. The molecule has 142 valence electrons. The van der Waals surface area contributed by atoms with E-state index in [1.807, 2.05) is 24.3 Å². The fourth-order valence-electron chi connectivity index (χ4n) is 4.27.